The third kappa shape index (κ3) is 2.40. The molecule has 0 saturated heterocycles. The summed E-state index contributed by atoms with van der Waals surface area (Å²) >= 11 is 0. The van der Waals surface area contributed by atoms with E-state index in [1.54, 1.807) is 0 Å². The Balaban J connectivity index is 2.24. The summed E-state index contributed by atoms with van der Waals surface area (Å²) in [5.41, 5.74) is 0. The first kappa shape index (κ1) is 8.91. The molecule has 0 heterocycles. The second-order valence-corrected chi connectivity index (χ2v) is 3.30. The van der Waals surface area contributed by atoms with Crippen LogP contribution >= 0.6 is 0 Å². The Morgan fingerprint density at radius 1 is 1.18 bits per heavy atom. The lowest BCUT2D eigenvalue weighted by molar-refractivity contribution is 0.0387. The fourth-order valence-corrected chi connectivity index (χ4v) is 1.62. The molecule has 0 unspecified atom stereocenters. The van der Waals surface area contributed by atoms with Gasteiger partial charge in [-0.25, -0.2) is 8.78 Å². The summed E-state index contributed by atoms with van der Waals surface area (Å²) in [6.45, 7) is 0.163. The zero-order valence-corrected chi connectivity index (χ0v) is 6.47. The molecule has 1 N–H and O–H groups in total. The van der Waals surface area contributed by atoms with Crippen LogP contribution in [0.3, 0.4) is 0 Å². The first-order valence-corrected chi connectivity index (χ1v) is 4.13. The fraction of sp³-hybridized carbons (Fsp3) is 1.00. The summed E-state index contributed by atoms with van der Waals surface area (Å²) < 4.78 is 24.2. The van der Waals surface area contributed by atoms with Crippen molar-refractivity contribution < 1.29 is 13.9 Å². The van der Waals surface area contributed by atoms with E-state index in [2.05, 4.69) is 0 Å². The van der Waals surface area contributed by atoms with E-state index < -0.39 is 12.3 Å². The van der Waals surface area contributed by atoms with Crippen molar-refractivity contribution in [3.63, 3.8) is 0 Å². The van der Waals surface area contributed by atoms with E-state index in [4.69, 9.17) is 5.11 Å². The van der Waals surface area contributed by atoms with Crippen LogP contribution in [-0.4, -0.2) is 18.1 Å². The lowest BCUT2D eigenvalue weighted by atomic mass is 9.83. The molecule has 0 amide bonds. The molecule has 0 aliphatic heterocycles. The highest BCUT2D eigenvalue weighted by Crippen LogP contribution is 2.31. The smallest absolute Gasteiger partial charge is 0.241 e. The van der Waals surface area contributed by atoms with Gasteiger partial charge >= 0.3 is 0 Å². The minimum absolute atomic E-state index is 0.163. The molecule has 11 heavy (non-hydrogen) atoms. The van der Waals surface area contributed by atoms with E-state index in [0.29, 0.717) is 12.8 Å². The molecule has 0 spiro atoms. The molecule has 1 saturated carbocycles. The van der Waals surface area contributed by atoms with E-state index in [0.717, 1.165) is 12.8 Å². The largest absolute Gasteiger partial charge is 0.396 e. The van der Waals surface area contributed by atoms with Crippen LogP contribution in [0, 0.1) is 11.8 Å². The third-order valence-electron chi connectivity index (χ3n) is 2.51. The molecule has 0 atom stereocenters. The van der Waals surface area contributed by atoms with Gasteiger partial charge in [0.05, 0.1) is 0 Å². The van der Waals surface area contributed by atoms with Crippen LogP contribution in [0.5, 0.6) is 0 Å². The Morgan fingerprint density at radius 3 is 2.09 bits per heavy atom. The van der Waals surface area contributed by atoms with Crippen LogP contribution in [0.1, 0.15) is 25.7 Å². The number of aliphatic hydroxyl groups excluding tert-OH is 1. The van der Waals surface area contributed by atoms with E-state index in [1.807, 2.05) is 0 Å². The van der Waals surface area contributed by atoms with Gasteiger partial charge in [0.2, 0.25) is 6.43 Å². The van der Waals surface area contributed by atoms with Crippen LogP contribution in [0.25, 0.3) is 0 Å². The Labute approximate surface area is 65.4 Å². The van der Waals surface area contributed by atoms with Gasteiger partial charge in [0.25, 0.3) is 0 Å². The fourth-order valence-electron chi connectivity index (χ4n) is 1.62. The van der Waals surface area contributed by atoms with Crippen molar-refractivity contribution in [1.29, 1.82) is 0 Å². The SMILES string of the molecule is OCC1CCC(C(F)F)CC1. The maximum atomic E-state index is 12.1. The Morgan fingerprint density at radius 2 is 1.73 bits per heavy atom. The summed E-state index contributed by atoms with van der Waals surface area (Å²) in [5, 5.41) is 8.73. The number of hydrogen-bond acceptors (Lipinski definition) is 1. The van der Waals surface area contributed by atoms with Gasteiger partial charge in [0.15, 0.2) is 0 Å². The van der Waals surface area contributed by atoms with Crippen molar-refractivity contribution in [3.8, 4) is 0 Å². The van der Waals surface area contributed by atoms with Crippen LogP contribution in [-0.2, 0) is 0 Å². The molecule has 1 aliphatic carbocycles. The predicted octanol–water partition coefficient (Wildman–Crippen LogP) is 2.05. The molecule has 1 aliphatic rings. The number of aliphatic hydroxyl groups is 1. The first-order valence-electron chi connectivity index (χ1n) is 4.13. The zero-order chi connectivity index (χ0) is 8.27. The van der Waals surface area contributed by atoms with Crippen LogP contribution < -0.4 is 0 Å². The number of halogens is 2. The van der Waals surface area contributed by atoms with Crippen molar-refractivity contribution in [2.45, 2.75) is 32.1 Å². The van der Waals surface area contributed by atoms with E-state index in [-0.39, 0.29) is 12.5 Å². The molecule has 1 fully saturated rings. The van der Waals surface area contributed by atoms with Crippen molar-refractivity contribution in [2.24, 2.45) is 11.8 Å². The van der Waals surface area contributed by atoms with Gasteiger partial charge in [-0.05, 0) is 31.6 Å². The van der Waals surface area contributed by atoms with Crippen molar-refractivity contribution in [3.05, 3.63) is 0 Å². The number of rotatable bonds is 2. The maximum absolute atomic E-state index is 12.1. The van der Waals surface area contributed by atoms with Gasteiger partial charge < -0.3 is 5.11 Å². The average Bonchev–Trinajstić information content (AvgIpc) is 2.05. The normalized spacial score (nSPS) is 32.7. The molecule has 0 aromatic rings. The topological polar surface area (TPSA) is 20.2 Å². The summed E-state index contributed by atoms with van der Waals surface area (Å²) in [6, 6.07) is 0. The highest BCUT2D eigenvalue weighted by atomic mass is 19.3. The molecule has 1 rings (SSSR count). The van der Waals surface area contributed by atoms with Crippen molar-refractivity contribution in [2.75, 3.05) is 6.61 Å². The molecule has 0 aromatic heterocycles. The number of alkyl halides is 2. The van der Waals surface area contributed by atoms with Crippen molar-refractivity contribution >= 4 is 0 Å². The highest BCUT2D eigenvalue weighted by molar-refractivity contribution is 4.73. The quantitative estimate of drug-likeness (QED) is 0.662. The zero-order valence-electron chi connectivity index (χ0n) is 6.47. The monoisotopic (exact) mass is 164 g/mol. The minimum Gasteiger partial charge on any atom is -0.396 e. The molecular formula is C8H14F2O. The molecule has 1 nitrogen and oxygen atoms in total. The van der Waals surface area contributed by atoms with Crippen molar-refractivity contribution in [1.82, 2.24) is 0 Å². The third-order valence-corrected chi connectivity index (χ3v) is 2.51. The van der Waals surface area contributed by atoms with Crippen LogP contribution in [0.15, 0.2) is 0 Å². The Hall–Kier alpha value is -0.180. The molecule has 3 heteroatoms. The summed E-state index contributed by atoms with van der Waals surface area (Å²) in [7, 11) is 0. The van der Waals surface area contributed by atoms with Gasteiger partial charge in [0.1, 0.15) is 0 Å². The van der Waals surface area contributed by atoms with E-state index >= 15 is 0 Å². The second-order valence-electron chi connectivity index (χ2n) is 3.30. The Bertz CT molecular complexity index is 109. The summed E-state index contributed by atoms with van der Waals surface area (Å²) in [5.74, 6) is -0.122. The molecule has 0 aromatic carbocycles. The van der Waals surface area contributed by atoms with Crippen LogP contribution in [0.2, 0.25) is 0 Å². The van der Waals surface area contributed by atoms with Gasteiger partial charge in [0, 0.05) is 12.5 Å². The minimum atomic E-state index is -2.16. The van der Waals surface area contributed by atoms with Gasteiger partial charge in [-0.2, -0.15) is 0 Å². The highest BCUT2D eigenvalue weighted by Gasteiger charge is 2.26. The summed E-state index contributed by atoms with van der Waals surface area (Å²) in [4.78, 5) is 0. The lowest BCUT2D eigenvalue weighted by Crippen LogP contribution is -2.21. The first-order chi connectivity index (χ1) is 5.24. The van der Waals surface area contributed by atoms with E-state index in [9.17, 15) is 8.78 Å². The number of hydrogen-bond donors (Lipinski definition) is 1. The average molecular weight is 164 g/mol. The summed E-state index contributed by atoms with van der Waals surface area (Å²) in [6.07, 6.45) is 0.553. The predicted molar refractivity (Wildman–Crippen MR) is 38.5 cm³/mol. The molecule has 66 valence electrons. The van der Waals surface area contributed by atoms with Gasteiger partial charge in [-0.1, -0.05) is 0 Å². The lowest BCUT2D eigenvalue weighted by Gasteiger charge is -2.26. The molecule has 0 bridgehead atoms. The van der Waals surface area contributed by atoms with E-state index in [1.165, 1.54) is 0 Å². The van der Waals surface area contributed by atoms with Gasteiger partial charge in [-0.15, -0.1) is 0 Å². The van der Waals surface area contributed by atoms with Crippen LogP contribution in [0.4, 0.5) is 8.78 Å². The standard InChI is InChI=1S/C8H14F2O/c9-8(10)7-3-1-6(5-11)2-4-7/h6-8,11H,1-5H2. The maximum Gasteiger partial charge on any atom is 0.241 e. The van der Waals surface area contributed by atoms with Gasteiger partial charge in [-0.3, -0.25) is 0 Å². The second kappa shape index (κ2) is 4.00. The Kier molecular flexibility index (Phi) is 3.24. The molecular weight excluding hydrogens is 150 g/mol. The molecule has 0 radical (unpaired) electrons.